The summed E-state index contributed by atoms with van der Waals surface area (Å²) >= 11 is 0. The van der Waals surface area contributed by atoms with Crippen molar-refractivity contribution >= 4 is 0 Å². The van der Waals surface area contributed by atoms with Crippen LogP contribution in [0, 0.1) is 17.8 Å². The molecule has 4 unspecified atom stereocenters. The molecule has 2 nitrogen and oxygen atoms in total. The van der Waals surface area contributed by atoms with Crippen molar-refractivity contribution in [3.63, 3.8) is 0 Å². The molecule has 0 radical (unpaired) electrons. The lowest BCUT2D eigenvalue weighted by Crippen LogP contribution is -2.25. The number of ether oxygens (including phenoxy) is 1. The average Bonchev–Trinajstić information content (AvgIpc) is 2.80. The summed E-state index contributed by atoms with van der Waals surface area (Å²) in [4.78, 5) is 0. The molecule has 3 rings (SSSR count). The molecule has 0 aromatic heterocycles. The molecule has 2 heteroatoms. The van der Waals surface area contributed by atoms with Crippen LogP contribution < -0.4 is 5.73 Å². The summed E-state index contributed by atoms with van der Waals surface area (Å²) in [6.45, 7) is 0.981. The minimum Gasteiger partial charge on any atom is -0.378 e. The summed E-state index contributed by atoms with van der Waals surface area (Å²) in [6.07, 6.45) is 11.3. The molecule has 16 heavy (non-hydrogen) atoms. The molecule has 92 valence electrons. The zero-order chi connectivity index (χ0) is 11.0. The van der Waals surface area contributed by atoms with E-state index in [4.69, 9.17) is 10.5 Å². The first-order chi connectivity index (χ1) is 7.86. The highest BCUT2D eigenvalue weighted by molar-refractivity contribution is 5.03. The molecule has 3 fully saturated rings. The van der Waals surface area contributed by atoms with Gasteiger partial charge in [-0.2, -0.15) is 0 Å². The molecule has 3 aliphatic rings. The molecule has 0 spiro atoms. The average molecular weight is 223 g/mol. The molecule has 2 N–H and O–H groups in total. The third-order valence-electron chi connectivity index (χ3n) is 5.06. The van der Waals surface area contributed by atoms with Crippen molar-refractivity contribution in [1.82, 2.24) is 0 Å². The maximum absolute atomic E-state index is 6.36. The summed E-state index contributed by atoms with van der Waals surface area (Å²) in [7, 11) is 0. The molecule has 1 saturated heterocycles. The normalized spacial score (nSPS) is 44.1. The Kier molecular flexibility index (Phi) is 3.21. The van der Waals surface area contributed by atoms with Crippen LogP contribution in [0.1, 0.15) is 51.4 Å². The van der Waals surface area contributed by atoms with E-state index >= 15 is 0 Å². The predicted molar refractivity (Wildman–Crippen MR) is 65.1 cm³/mol. The molecule has 1 aliphatic heterocycles. The van der Waals surface area contributed by atoms with Gasteiger partial charge in [0.2, 0.25) is 0 Å². The molecular formula is C14H25NO. The number of nitrogens with two attached hydrogens (primary N) is 1. The molecule has 2 saturated carbocycles. The monoisotopic (exact) mass is 223 g/mol. The van der Waals surface area contributed by atoms with Gasteiger partial charge in [0.15, 0.2) is 0 Å². The Morgan fingerprint density at radius 1 is 1.06 bits per heavy atom. The highest BCUT2D eigenvalue weighted by atomic mass is 16.5. The highest BCUT2D eigenvalue weighted by Crippen LogP contribution is 2.57. The summed E-state index contributed by atoms with van der Waals surface area (Å²) in [6, 6.07) is 0.470. The second-order valence-electron chi connectivity index (χ2n) is 6.07. The van der Waals surface area contributed by atoms with E-state index in [2.05, 4.69) is 0 Å². The van der Waals surface area contributed by atoms with Crippen molar-refractivity contribution < 1.29 is 4.74 Å². The summed E-state index contributed by atoms with van der Waals surface area (Å²) < 4.78 is 5.67. The van der Waals surface area contributed by atoms with Crippen LogP contribution in [0.15, 0.2) is 0 Å². The van der Waals surface area contributed by atoms with E-state index in [9.17, 15) is 0 Å². The summed E-state index contributed by atoms with van der Waals surface area (Å²) in [5.41, 5.74) is 6.36. The second kappa shape index (κ2) is 4.66. The fourth-order valence-electron chi connectivity index (χ4n) is 4.13. The van der Waals surface area contributed by atoms with Crippen LogP contribution in [-0.4, -0.2) is 18.8 Å². The summed E-state index contributed by atoms with van der Waals surface area (Å²) in [5.74, 6) is 2.89. The molecular weight excluding hydrogens is 198 g/mol. The van der Waals surface area contributed by atoms with E-state index in [1.807, 2.05) is 0 Å². The first-order valence-corrected chi connectivity index (χ1v) is 7.23. The molecule has 0 bridgehead atoms. The van der Waals surface area contributed by atoms with Crippen molar-refractivity contribution in [2.45, 2.75) is 63.5 Å². The number of fused-ring (bicyclic) bond motifs is 1. The van der Waals surface area contributed by atoms with Gasteiger partial charge in [-0.3, -0.25) is 0 Å². The molecule has 4 atom stereocenters. The Balaban J connectivity index is 1.41. The SMILES string of the molecule is NC(CCC1CCCO1)C1C2CCCCC21. The molecule has 2 aliphatic carbocycles. The van der Waals surface area contributed by atoms with Crippen LogP contribution in [0.4, 0.5) is 0 Å². The minimum atomic E-state index is 0.470. The number of hydrogen-bond donors (Lipinski definition) is 1. The predicted octanol–water partition coefficient (Wildman–Crippen LogP) is 2.71. The Bertz CT molecular complexity index is 225. The van der Waals surface area contributed by atoms with Gasteiger partial charge in [0, 0.05) is 12.6 Å². The molecule has 1 heterocycles. The fraction of sp³-hybridized carbons (Fsp3) is 1.00. The lowest BCUT2D eigenvalue weighted by Gasteiger charge is -2.14. The third kappa shape index (κ3) is 2.14. The lowest BCUT2D eigenvalue weighted by molar-refractivity contribution is 0.0998. The van der Waals surface area contributed by atoms with Crippen molar-refractivity contribution in [1.29, 1.82) is 0 Å². The van der Waals surface area contributed by atoms with Gasteiger partial charge in [-0.1, -0.05) is 12.8 Å². The Labute approximate surface area is 98.9 Å². The van der Waals surface area contributed by atoms with Crippen LogP contribution >= 0.6 is 0 Å². The Hall–Kier alpha value is -0.0800. The zero-order valence-corrected chi connectivity index (χ0v) is 10.2. The van der Waals surface area contributed by atoms with Crippen LogP contribution in [0.25, 0.3) is 0 Å². The smallest absolute Gasteiger partial charge is 0.0576 e. The quantitative estimate of drug-likeness (QED) is 0.795. The van der Waals surface area contributed by atoms with Crippen LogP contribution in [0.3, 0.4) is 0 Å². The number of rotatable bonds is 4. The Morgan fingerprint density at radius 3 is 2.44 bits per heavy atom. The number of hydrogen-bond acceptors (Lipinski definition) is 2. The summed E-state index contributed by atoms with van der Waals surface area (Å²) in [5, 5.41) is 0. The van der Waals surface area contributed by atoms with E-state index in [1.54, 1.807) is 0 Å². The maximum atomic E-state index is 6.36. The maximum Gasteiger partial charge on any atom is 0.0576 e. The van der Waals surface area contributed by atoms with Crippen LogP contribution in [0.5, 0.6) is 0 Å². The van der Waals surface area contributed by atoms with Crippen molar-refractivity contribution in [2.24, 2.45) is 23.5 Å². The first kappa shape index (κ1) is 11.0. The van der Waals surface area contributed by atoms with E-state index in [0.717, 1.165) is 24.4 Å². The van der Waals surface area contributed by atoms with Gasteiger partial charge in [0.05, 0.1) is 6.10 Å². The lowest BCUT2D eigenvalue weighted by atomic mass is 10.0. The second-order valence-corrected chi connectivity index (χ2v) is 6.07. The van der Waals surface area contributed by atoms with E-state index in [-0.39, 0.29) is 0 Å². The largest absolute Gasteiger partial charge is 0.378 e. The van der Waals surface area contributed by atoms with Crippen LogP contribution in [-0.2, 0) is 4.74 Å². The Morgan fingerprint density at radius 2 is 1.81 bits per heavy atom. The third-order valence-corrected chi connectivity index (χ3v) is 5.06. The van der Waals surface area contributed by atoms with Gasteiger partial charge in [0.1, 0.15) is 0 Å². The molecule has 0 aromatic carbocycles. The fourth-order valence-corrected chi connectivity index (χ4v) is 4.13. The van der Waals surface area contributed by atoms with Crippen molar-refractivity contribution in [3.8, 4) is 0 Å². The van der Waals surface area contributed by atoms with Crippen molar-refractivity contribution in [3.05, 3.63) is 0 Å². The minimum absolute atomic E-state index is 0.470. The standard InChI is InChI=1S/C14H25NO/c15-13(8-7-10-4-3-9-16-10)14-11-5-1-2-6-12(11)14/h10-14H,1-9,15H2. The van der Waals surface area contributed by atoms with Crippen molar-refractivity contribution in [2.75, 3.05) is 6.61 Å². The zero-order valence-electron chi connectivity index (χ0n) is 10.2. The topological polar surface area (TPSA) is 35.2 Å². The molecule has 0 amide bonds. The molecule has 0 aromatic rings. The van der Waals surface area contributed by atoms with Crippen LogP contribution in [0.2, 0.25) is 0 Å². The van der Waals surface area contributed by atoms with Gasteiger partial charge in [-0.15, -0.1) is 0 Å². The van der Waals surface area contributed by atoms with Gasteiger partial charge >= 0.3 is 0 Å². The van der Waals surface area contributed by atoms with E-state index in [0.29, 0.717) is 12.1 Å². The van der Waals surface area contributed by atoms with Gasteiger partial charge < -0.3 is 10.5 Å². The van der Waals surface area contributed by atoms with Gasteiger partial charge in [0.25, 0.3) is 0 Å². The highest BCUT2D eigenvalue weighted by Gasteiger charge is 2.52. The van der Waals surface area contributed by atoms with Gasteiger partial charge in [-0.25, -0.2) is 0 Å². The first-order valence-electron chi connectivity index (χ1n) is 7.23. The van der Waals surface area contributed by atoms with E-state index < -0.39 is 0 Å². The van der Waals surface area contributed by atoms with Gasteiger partial charge in [-0.05, 0) is 56.3 Å². The van der Waals surface area contributed by atoms with E-state index in [1.165, 1.54) is 51.4 Å².